The number of hydrogen-bond acceptors (Lipinski definition) is 3. The molecule has 0 aliphatic carbocycles. The molecular weight excluding hydrogens is 204 g/mol. The second-order valence-electron chi connectivity index (χ2n) is 3.25. The lowest BCUT2D eigenvalue weighted by Crippen LogP contribution is -2.06. The number of phenols is 1. The van der Waals surface area contributed by atoms with Crippen molar-refractivity contribution in [3.63, 3.8) is 0 Å². The van der Waals surface area contributed by atoms with E-state index in [1.807, 2.05) is 18.2 Å². The van der Waals surface area contributed by atoms with E-state index in [1.54, 1.807) is 24.3 Å². The van der Waals surface area contributed by atoms with Crippen molar-refractivity contribution in [3.05, 3.63) is 59.5 Å². The number of aromatic hydroxyl groups is 1. The molecule has 0 bridgehead atoms. The number of hydrogen-bond donors (Lipinski definition) is 1. The van der Waals surface area contributed by atoms with Crippen molar-refractivity contribution < 1.29 is 5.11 Å². The molecule has 0 aromatic heterocycles. The van der Waals surface area contributed by atoms with Crippen LogP contribution in [0.4, 0.5) is 11.4 Å². The highest BCUT2D eigenvalue weighted by Crippen LogP contribution is 2.26. The number of phenolic OH excluding ortho intramolecular Hbond substituents is 1. The Hall–Kier alpha value is -2.36. The average Bonchev–Trinajstić information content (AvgIpc) is 2.34. The van der Waals surface area contributed by atoms with Crippen LogP contribution in [0.15, 0.2) is 59.9 Å². The molecule has 2 aromatic rings. The highest BCUT2D eigenvalue weighted by atomic mass is 16.3. The number of nitroso groups, excluding NO2 is 1. The van der Waals surface area contributed by atoms with Crippen molar-refractivity contribution in [2.75, 3.05) is 5.01 Å². The van der Waals surface area contributed by atoms with Gasteiger partial charge in [0.15, 0.2) is 0 Å². The smallest absolute Gasteiger partial charge is 0.115 e. The van der Waals surface area contributed by atoms with Gasteiger partial charge in [0.25, 0.3) is 0 Å². The quantitative estimate of drug-likeness (QED) is 0.630. The minimum Gasteiger partial charge on any atom is -0.508 e. The predicted octanol–water partition coefficient (Wildman–Crippen LogP) is 3.21. The van der Waals surface area contributed by atoms with Crippen molar-refractivity contribution in [2.45, 2.75) is 0 Å². The molecule has 2 aromatic carbocycles. The third-order valence-electron chi connectivity index (χ3n) is 2.18. The molecular formula is C12H10N2O2. The van der Waals surface area contributed by atoms with Crippen molar-refractivity contribution in [1.29, 1.82) is 0 Å². The molecule has 80 valence electrons. The average molecular weight is 214 g/mol. The summed E-state index contributed by atoms with van der Waals surface area (Å²) in [7, 11) is 0. The fraction of sp³-hybridized carbons (Fsp3) is 0. The fourth-order valence-corrected chi connectivity index (χ4v) is 1.41. The molecule has 0 heterocycles. The molecule has 0 atom stereocenters. The van der Waals surface area contributed by atoms with Gasteiger partial charge in [0, 0.05) is 0 Å². The van der Waals surface area contributed by atoms with Gasteiger partial charge in [-0.1, -0.05) is 18.2 Å². The van der Waals surface area contributed by atoms with Crippen molar-refractivity contribution >= 4 is 11.4 Å². The van der Waals surface area contributed by atoms with Crippen LogP contribution in [-0.4, -0.2) is 5.11 Å². The summed E-state index contributed by atoms with van der Waals surface area (Å²) in [6.45, 7) is 0. The summed E-state index contributed by atoms with van der Waals surface area (Å²) < 4.78 is 0. The molecule has 0 saturated heterocycles. The van der Waals surface area contributed by atoms with Crippen LogP contribution >= 0.6 is 0 Å². The third-order valence-corrected chi connectivity index (χ3v) is 2.18. The van der Waals surface area contributed by atoms with E-state index in [1.165, 1.54) is 17.1 Å². The maximum Gasteiger partial charge on any atom is 0.115 e. The van der Waals surface area contributed by atoms with Crippen LogP contribution in [0.2, 0.25) is 0 Å². The van der Waals surface area contributed by atoms with Crippen molar-refractivity contribution in [3.8, 4) is 5.75 Å². The summed E-state index contributed by atoms with van der Waals surface area (Å²) in [5.74, 6) is 0.155. The second-order valence-corrected chi connectivity index (χ2v) is 3.25. The van der Waals surface area contributed by atoms with Gasteiger partial charge in [-0.3, -0.25) is 0 Å². The van der Waals surface area contributed by atoms with Gasteiger partial charge in [-0.2, -0.15) is 5.01 Å². The molecule has 0 spiro atoms. The van der Waals surface area contributed by atoms with E-state index >= 15 is 0 Å². The standard InChI is InChI=1S/C12H10N2O2/c15-12-8-6-11(7-9-12)14(13-16)10-4-2-1-3-5-10/h1-9,15H. The molecule has 4 nitrogen and oxygen atoms in total. The van der Waals surface area contributed by atoms with Crippen LogP contribution in [0, 0.1) is 4.91 Å². The van der Waals surface area contributed by atoms with E-state index in [0.29, 0.717) is 11.4 Å². The zero-order valence-electron chi connectivity index (χ0n) is 8.45. The van der Waals surface area contributed by atoms with Gasteiger partial charge >= 0.3 is 0 Å². The number of benzene rings is 2. The monoisotopic (exact) mass is 214 g/mol. The number of rotatable bonds is 3. The third kappa shape index (κ3) is 2.00. The van der Waals surface area contributed by atoms with Crippen molar-refractivity contribution in [1.82, 2.24) is 0 Å². The first-order chi connectivity index (χ1) is 7.81. The molecule has 16 heavy (non-hydrogen) atoms. The number of para-hydroxylation sites is 1. The minimum absolute atomic E-state index is 0.155. The maximum atomic E-state index is 10.8. The van der Waals surface area contributed by atoms with Gasteiger partial charge in [-0.05, 0) is 36.4 Å². The Morgan fingerprint density at radius 2 is 1.44 bits per heavy atom. The highest BCUT2D eigenvalue weighted by Gasteiger charge is 2.08. The van der Waals surface area contributed by atoms with E-state index in [-0.39, 0.29) is 5.75 Å². The second kappa shape index (κ2) is 4.44. The summed E-state index contributed by atoms with van der Waals surface area (Å²) in [6, 6.07) is 15.4. The van der Waals surface area contributed by atoms with Gasteiger partial charge in [-0.25, -0.2) is 0 Å². The summed E-state index contributed by atoms with van der Waals surface area (Å²) in [5.41, 5.74) is 1.29. The van der Waals surface area contributed by atoms with Crippen LogP contribution in [0.5, 0.6) is 5.75 Å². The molecule has 2 rings (SSSR count). The van der Waals surface area contributed by atoms with Crippen molar-refractivity contribution in [2.24, 2.45) is 5.29 Å². The predicted molar refractivity (Wildman–Crippen MR) is 62.5 cm³/mol. The van der Waals surface area contributed by atoms with Gasteiger partial charge in [0.2, 0.25) is 0 Å². The van der Waals surface area contributed by atoms with Crippen LogP contribution in [0.25, 0.3) is 0 Å². The largest absolute Gasteiger partial charge is 0.508 e. The molecule has 0 saturated carbocycles. The molecule has 0 amide bonds. The van der Waals surface area contributed by atoms with Gasteiger partial charge in [-0.15, -0.1) is 4.91 Å². The number of anilines is 2. The molecule has 0 unspecified atom stereocenters. The van der Waals surface area contributed by atoms with Gasteiger partial charge in [0.1, 0.15) is 5.75 Å². The van der Waals surface area contributed by atoms with E-state index in [2.05, 4.69) is 5.29 Å². The Morgan fingerprint density at radius 3 is 2.00 bits per heavy atom. The van der Waals surface area contributed by atoms with Gasteiger partial charge < -0.3 is 5.11 Å². The Kier molecular flexibility index (Phi) is 2.82. The fourth-order valence-electron chi connectivity index (χ4n) is 1.41. The first-order valence-electron chi connectivity index (χ1n) is 4.79. The molecule has 1 N–H and O–H groups in total. The summed E-state index contributed by atoms with van der Waals surface area (Å²) in [4.78, 5) is 10.8. The molecule has 0 aliphatic rings. The lowest BCUT2D eigenvalue weighted by molar-refractivity contribution is 0.475. The zero-order chi connectivity index (χ0) is 11.4. The topological polar surface area (TPSA) is 52.9 Å². The molecule has 0 radical (unpaired) electrons. The van der Waals surface area contributed by atoms with E-state index < -0.39 is 0 Å². The Labute approximate surface area is 92.7 Å². The zero-order valence-corrected chi connectivity index (χ0v) is 8.45. The van der Waals surface area contributed by atoms with E-state index in [4.69, 9.17) is 5.11 Å². The Balaban J connectivity index is 2.37. The Bertz CT molecular complexity index is 468. The van der Waals surface area contributed by atoms with Crippen LogP contribution < -0.4 is 5.01 Å². The Morgan fingerprint density at radius 1 is 0.875 bits per heavy atom. The minimum atomic E-state index is 0.155. The SMILES string of the molecule is O=NN(c1ccccc1)c1ccc(O)cc1. The van der Waals surface area contributed by atoms with E-state index in [9.17, 15) is 4.91 Å². The van der Waals surface area contributed by atoms with Crippen LogP contribution in [-0.2, 0) is 0 Å². The molecule has 0 aliphatic heterocycles. The first-order valence-corrected chi connectivity index (χ1v) is 4.79. The molecule has 4 heteroatoms. The lowest BCUT2D eigenvalue weighted by Gasteiger charge is -2.14. The lowest BCUT2D eigenvalue weighted by atomic mass is 10.2. The first kappa shape index (κ1) is 10.2. The van der Waals surface area contributed by atoms with Gasteiger partial charge in [0.05, 0.1) is 16.7 Å². The van der Waals surface area contributed by atoms with E-state index in [0.717, 1.165) is 0 Å². The number of nitrogens with zero attached hydrogens (tertiary/aromatic N) is 2. The molecule has 0 fully saturated rings. The maximum absolute atomic E-state index is 10.8. The summed E-state index contributed by atoms with van der Waals surface area (Å²) in [5, 5.41) is 13.4. The van der Waals surface area contributed by atoms with Crippen LogP contribution in [0.3, 0.4) is 0 Å². The highest BCUT2D eigenvalue weighted by molar-refractivity contribution is 5.62. The normalized spacial score (nSPS) is 9.75. The summed E-state index contributed by atoms with van der Waals surface area (Å²) >= 11 is 0. The van der Waals surface area contributed by atoms with Crippen LogP contribution in [0.1, 0.15) is 0 Å². The summed E-state index contributed by atoms with van der Waals surface area (Å²) in [6.07, 6.45) is 0.